The molecule has 1 N–H and O–H groups in total. The fraction of sp³-hybridized carbons (Fsp3) is 0.583. The summed E-state index contributed by atoms with van der Waals surface area (Å²) in [5.74, 6) is 1.66. The lowest BCUT2D eigenvalue weighted by molar-refractivity contribution is -0.0148. The third-order valence-electron chi connectivity index (χ3n) is 9.83. The zero-order valence-corrected chi connectivity index (χ0v) is 28.3. The highest BCUT2D eigenvalue weighted by atomic mass is 35.5. The van der Waals surface area contributed by atoms with Crippen molar-refractivity contribution in [2.75, 3.05) is 31.2 Å². The molecule has 6 nitrogen and oxygen atoms in total. The number of amides is 1. The van der Waals surface area contributed by atoms with Gasteiger partial charge in [0, 0.05) is 36.2 Å². The van der Waals surface area contributed by atoms with E-state index in [1.54, 1.807) is 6.07 Å². The summed E-state index contributed by atoms with van der Waals surface area (Å²) in [6, 6.07) is 11.9. The van der Waals surface area contributed by atoms with Gasteiger partial charge in [-0.2, -0.15) is 0 Å². The minimum atomic E-state index is -1.51. The van der Waals surface area contributed by atoms with Crippen LogP contribution in [0.15, 0.2) is 48.6 Å². The van der Waals surface area contributed by atoms with Gasteiger partial charge in [0.15, 0.2) is 0 Å². The van der Waals surface area contributed by atoms with Crippen LogP contribution in [0.4, 0.5) is 5.69 Å². The van der Waals surface area contributed by atoms with Crippen LogP contribution in [0.25, 0.3) is 0 Å². The van der Waals surface area contributed by atoms with Crippen LogP contribution in [0.3, 0.4) is 0 Å². The molecule has 2 aromatic rings. The summed E-state index contributed by atoms with van der Waals surface area (Å²) in [6.07, 6.45) is 11.8. The number of rotatable bonds is 7. The van der Waals surface area contributed by atoms with Crippen molar-refractivity contribution in [1.29, 1.82) is 0 Å². The van der Waals surface area contributed by atoms with E-state index in [2.05, 4.69) is 54.7 Å². The summed E-state index contributed by atoms with van der Waals surface area (Å²) in [5.41, 5.74) is 3.98. The SMILES string of the molecule is CCCCOC1/C=C/CC(C)C(C)S(=O)NC(=O)c2ccc3c(c2)N(CC(c2ccc(Cl)cc2CCC)CO3)CC2CCC21. The Morgan fingerprint density at radius 2 is 1.93 bits per heavy atom. The van der Waals surface area contributed by atoms with E-state index >= 15 is 0 Å². The molecule has 0 aromatic heterocycles. The van der Waals surface area contributed by atoms with Gasteiger partial charge in [0.25, 0.3) is 5.91 Å². The lowest BCUT2D eigenvalue weighted by Gasteiger charge is -2.44. The maximum absolute atomic E-state index is 13.4. The molecule has 2 bridgehead atoms. The van der Waals surface area contributed by atoms with Gasteiger partial charge in [-0.1, -0.05) is 63.4 Å². The van der Waals surface area contributed by atoms with Crippen LogP contribution >= 0.6 is 11.6 Å². The number of aryl methyl sites for hydroxylation is 1. The monoisotopic (exact) mass is 640 g/mol. The number of benzene rings is 2. The number of unbranched alkanes of at least 4 members (excludes halogenated alkanes) is 1. The van der Waals surface area contributed by atoms with Crippen molar-refractivity contribution in [3.05, 3.63) is 70.3 Å². The Labute approximate surface area is 271 Å². The highest BCUT2D eigenvalue weighted by Gasteiger charge is 2.39. The third kappa shape index (κ3) is 7.71. The first kappa shape index (κ1) is 33.0. The molecule has 0 spiro atoms. The molecule has 1 saturated carbocycles. The lowest BCUT2D eigenvalue weighted by atomic mass is 9.70. The van der Waals surface area contributed by atoms with Crippen molar-refractivity contribution in [2.24, 2.45) is 17.8 Å². The van der Waals surface area contributed by atoms with Crippen molar-refractivity contribution in [1.82, 2.24) is 4.72 Å². The molecule has 7 atom stereocenters. The maximum Gasteiger partial charge on any atom is 0.263 e. The van der Waals surface area contributed by atoms with Gasteiger partial charge in [-0.05, 0) is 98.2 Å². The summed E-state index contributed by atoms with van der Waals surface area (Å²) in [4.78, 5) is 15.8. The number of ether oxygens (including phenoxy) is 2. The molecule has 0 saturated heterocycles. The number of hydrogen-bond donors (Lipinski definition) is 1. The van der Waals surface area contributed by atoms with Gasteiger partial charge >= 0.3 is 0 Å². The maximum atomic E-state index is 13.4. The van der Waals surface area contributed by atoms with Crippen molar-refractivity contribution >= 4 is 34.2 Å². The first-order valence-electron chi connectivity index (χ1n) is 16.6. The number of carbonyl (C=O) groups is 1. The fourth-order valence-corrected chi connectivity index (χ4v) is 7.96. The lowest BCUT2D eigenvalue weighted by Crippen LogP contribution is -2.44. The summed E-state index contributed by atoms with van der Waals surface area (Å²) in [5, 5.41) is 0.571. The highest BCUT2D eigenvalue weighted by molar-refractivity contribution is 7.84. The topological polar surface area (TPSA) is 67.9 Å². The van der Waals surface area contributed by atoms with Crippen LogP contribution in [-0.4, -0.2) is 47.8 Å². The number of hydrogen-bond acceptors (Lipinski definition) is 5. The molecule has 2 aliphatic heterocycles. The van der Waals surface area contributed by atoms with Gasteiger partial charge in [0.05, 0.1) is 23.6 Å². The van der Waals surface area contributed by atoms with Crippen molar-refractivity contribution in [2.45, 2.75) is 89.9 Å². The second-order valence-corrected chi connectivity index (χ2v) is 14.9. The summed E-state index contributed by atoms with van der Waals surface area (Å²) >= 11 is 6.43. The zero-order chi connectivity index (χ0) is 31.2. The van der Waals surface area contributed by atoms with E-state index in [9.17, 15) is 9.00 Å². The van der Waals surface area contributed by atoms with E-state index in [-0.39, 0.29) is 29.1 Å². The quantitative estimate of drug-likeness (QED) is 0.246. The van der Waals surface area contributed by atoms with Gasteiger partial charge in [-0.25, -0.2) is 4.21 Å². The first-order chi connectivity index (χ1) is 21.3. The summed E-state index contributed by atoms with van der Waals surface area (Å²) in [6.45, 7) is 11.4. The highest BCUT2D eigenvalue weighted by Crippen LogP contribution is 2.43. The number of carbonyl (C=O) groups excluding carboxylic acids is 1. The Morgan fingerprint density at radius 1 is 1.09 bits per heavy atom. The molecule has 1 fully saturated rings. The Morgan fingerprint density at radius 3 is 2.68 bits per heavy atom. The third-order valence-corrected chi connectivity index (χ3v) is 11.6. The molecule has 5 rings (SSSR count). The number of nitrogens with zero attached hydrogens (tertiary/aromatic N) is 1. The normalized spacial score (nSPS) is 29.9. The standard InChI is InChI=1S/C36H49ClN2O4S/c1-5-7-18-42-34-11-8-10-24(3)25(4)44(41)38-36(40)27-13-17-35-33(20-27)39(21-28-12-15-32(28)34)22-29(23-43-35)31-16-14-30(37)19-26(31)9-6-2/h8,11,13-14,16-17,19-20,24-25,28-29,32,34H,5-7,9-10,12,15,18,21-23H2,1-4H3,(H,38,40)/b11-8+. The van der Waals surface area contributed by atoms with E-state index in [1.807, 2.05) is 25.1 Å². The van der Waals surface area contributed by atoms with E-state index < -0.39 is 11.0 Å². The second kappa shape index (κ2) is 15.3. The van der Waals surface area contributed by atoms with E-state index in [0.717, 1.165) is 81.1 Å². The van der Waals surface area contributed by atoms with Crippen LogP contribution in [0, 0.1) is 17.8 Å². The average molecular weight is 641 g/mol. The molecule has 240 valence electrons. The molecule has 8 heteroatoms. The molecular formula is C36H49ClN2O4S. The van der Waals surface area contributed by atoms with Gasteiger partial charge in [-0.3, -0.25) is 9.52 Å². The van der Waals surface area contributed by atoms with Gasteiger partial charge < -0.3 is 14.4 Å². The molecule has 3 aliphatic rings. The van der Waals surface area contributed by atoms with Crippen LogP contribution in [0.5, 0.6) is 5.75 Å². The number of allylic oxidation sites excluding steroid dienone is 1. The zero-order valence-electron chi connectivity index (χ0n) is 26.7. The Kier molecular flexibility index (Phi) is 11.5. The molecule has 0 radical (unpaired) electrons. The largest absolute Gasteiger partial charge is 0.491 e. The molecule has 2 heterocycles. The van der Waals surface area contributed by atoms with Gasteiger partial charge in [0.1, 0.15) is 16.7 Å². The number of fused-ring (bicyclic) bond motifs is 2. The van der Waals surface area contributed by atoms with Gasteiger partial charge in [-0.15, -0.1) is 0 Å². The predicted molar refractivity (Wildman–Crippen MR) is 181 cm³/mol. The average Bonchev–Trinajstić information content (AvgIpc) is 3.17. The number of nitrogens with one attached hydrogen (secondary N) is 1. The first-order valence-corrected chi connectivity index (χ1v) is 18.2. The number of anilines is 1. The smallest absolute Gasteiger partial charge is 0.263 e. The van der Waals surface area contributed by atoms with E-state index in [0.29, 0.717) is 24.0 Å². The van der Waals surface area contributed by atoms with E-state index in [4.69, 9.17) is 21.1 Å². The molecular weight excluding hydrogens is 592 g/mol. The van der Waals surface area contributed by atoms with Crippen LogP contribution in [-0.2, 0) is 22.1 Å². The minimum Gasteiger partial charge on any atom is -0.491 e. The van der Waals surface area contributed by atoms with E-state index in [1.165, 1.54) is 11.1 Å². The Hall–Kier alpha value is -2.35. The van der Waals surface area contributed by atoms with Crippen LogP contribution < -0.4 is 14.4 Å². The predicted octanol–water partition coefficient (Wildman–Crippen LogP) is 7.86. The Bertz CT molecular complexity index is 1350. The summed E-state index contributed by atoms with van der Waals surface area (Å²) < 4.78 is 29.0. The van der Waals surface area contributed by atoms with Gasteiger partial charge in [0.2, 0.25) is 0 Å². The van der Waals surface area contributed by atoms with Crippen molar-refractivity contribution in [3.63, 3.8) is 0 Å². The number of halogens is 1. The van der Waals surface area contributed by atoms with Crippen molar-refractivity contribution < 1.29 is 18.5 Å². The molecule has 7 unspecified atom stereocenters. The molecule has 1 amide bonds. The van der Waals surface area contributed by atoms with Crippen LogP contribution in [0.2, 0.25) is 5.02 Å². The van der Waals surface area contributed by atoms with Crippen molar-refractivity contribution in [3.8, 4) is 5.75 Å². The second-order valence-electron chi connectivity index (χ2n) is 13.0. The molecule has 1 aliphatic carbocycles. The minimum absolute atomic E-state index is 0.0677. The Balaban J connectivity index is 1.52. The molecule has 2 aromatic carbocycles. The molecule has 44 heavy (non-hydrogen) atoms. The summed E-state index contributed by atoms with van der Waals surface area (Å²) in [7, 11) is -1.51. The van der Waals surface area contributed by atoms with Crippen LogP contribution in [0.1, 0.15) is 93.6 Å². The fourth-order valence-electron chi connectivity index (χ4n) is 6.75.